The van der Waals surface area contributed by atoms with Crippen LogP contribution in [0.4, 0.5) is 0 Å². The molecule has 0 unspecified atom stereocenters. The zero-order valence-corrected chi connectivity index (χ0v) is 30.4. The molecule has 2 aromatic heterocycles. The molecule has 6 atom stereocenters. The summed E-state index contributed by atoms with van der Waals surface area (Å²) in [4.78, 5) is 8.53. The molecule has 8 rings (SSSR count). The van der Waals surface area contributed by atoms with Crippen LogP contribution in [0.5, 0.6) is 0 Å². The molecule has 6 heterocycles. The van der Waals surface area contributed by atoms with E-state index in [4.69, 9.17) is 0 Å². The number of aliphatic hydroxyl groups excluding tert-OH is 2. The Morgan fingerprint density at radius 1 is 0.640 bits per heavy atom. The van der Waals surface area contributed by atoms with E-state index in [0.717, 1.165) is 22.5 Å². The van der Waals surface area contributed by atoms with E-state index < -0.39 is 42.8 Å². The fraction of sp³-hybridized carbons (Fsp3) is 0.500. The van der Waals surface area contributed by atoms with Gasteiger partial charge in [-0.3, -0.25) is 0 Å². The Bertz CT molecular complexity index is 1930. The highest BCUT2D eigenvalue weighted by Gasteiger charge is 2.44. The van der Waals surface area contributed by atoms with Crippen LogP contribution in [-0.2, 0) is 20.0 Å². The van der Waals surface area contributed by atoms with Crippen molar-refractivity contribution in [3.8, 4) is 22.5 Å². The van der Waals surface area contributed by atoms with Gasteiger partial charge in [0.25, 0.3) is 0 Å². The van der Waals surface area contributed by atoms with Crippen molar-refractivity contribution in [2.45, 2.75) is 75.3 Å². The number of nitrogens with zero attached hydrogens (tertiary/aromatic N) is 6. The Morgan fingerprint density at radius 3 is 1.38 bits per heavy atom. The van der Waals surface area contributed by atoms with Crippen molar-refractivity contribution in [1.29, 1.82) is 0 Å². The van der Waals surface area contributed by atoms with Crippen molar-refractivity contribution >= 4 is 20.0 Å². The van der Waals surface area contributed by atoms with E-state index in [2.05, 4.69) is 43.4 Å². The Morgan fingerprint density at radius 2 is 1.02 bits per heavy atom. The van der Waals surface area contributed by atoms with Gasteiger partial charge in [-0.15, -0.1) is 0 Å². The van der Waals surface area contributed by atoms with Crippen molar-refractivity contribution in [2.75, 3.05) is 26.2 Å². The molecule has 0 bridgehead atoms. The minimum atomic E-state index is -3.34. The molecule has 4 aromatic rings. The standard InChI is InChI=1S/2C18H23N3O3S/c2*1-12(2)25(23,24)20-8-7-15(17(22)10-20)18-14-6-4-3-5-13(14)16-9-19-11-21(16)18/h2*3-6,9,11-12,15,17-18,22H,7-8,10H2,1-2H3/t2*15-,17-,18-/m10/s1. The molecule has 268 valence electrons. The predicted molar refractivity (Wildman–Crippen MR) is 191 cm³/mol. The van der Waals surface area contributed by atoms with Gasteiger partial charge in [-0.2, -0.15) is 8.61 Å². The van der Waals surface area contributed by atoms with E-state index in [0.29, 0.717) is 25.9 Å². The Labute approximate surface area is 294 Å². The third-order valence-electron chi connectivity index (χ3n) is 11.0. The lowest BCUT2D eigenvalue weighted by Gasteiger charge is -2.39. The zero-order chi connectivity index (χ0) is 35.5. The summed E-state index contributed by atoms with van der Waals surface area (Å²) in [6.45, 7) is 7.94. The normalized spacial score (nSPS) is 26.6. The quantitative estimate of drug-likeness (QED) is 0.306. The number of hydrogen-bond donors (Lipinski definition) is 2. The summed E-state index contributed by atoms with van der Waals surface area (Å²) < 4.78 is 56.8. The molecule has 4 aliphatic heterocycles. The summed E-state index contributed by atoms with van der Waals surface area (Å²) in [6, 6.07) is 16.4. The van der Waals surface area contributed by atoms with Crippen LogP contribution in [0.1, 0.15) is 63.7 Å². The van der Waals surface area contributed by atoms with Gasteiger partial charge in [-0.05, 0) is 51.7 Å². The van der Waals surface area contributed by atoms with Gasteiger partial charge in [0.2, 0.25) is 20.0 Å². The summed E-state index contributed by atoms with van der Waals surface area (Å²) in [5, 5.41) is 20.6. The predicted octanol–water partition coefficient (Wildman–Crippen LogP) is 3.75. The van der Waals surface area contributed by atoms with Crippen LogP contribution < -0.4 is 0 Å². The van der Waals surface area contributed by atoms with E-state index in [1.807, 2.05) is 49.3 Å². The molecule has 4 aliphatic rings. The van der Waals surface area contributed by atoms with Gasteiger partial charge in [-0.1, -0.05) is 48.5 Å². The summed E-state index contributed by atoms with van der Waals surface area (Å²) in [7, 11) is -6.67. The number of piperidine rings is 2. The summed E-state index contributed by atoms with van der Waals surface area (Å²) in [5.41, 5.74) is 6.78. The molecule has 0 saturated carbocycles. The van der Waals surface area contributed by atoms with E-state index in [9.17, 15) is 27.0 Å². The number of β-amino-alcohol motifs (C(OH)–C–C–N with tert-alkyl or cyclic N) is 2. The van der Waals surface area contributed by atoms with Crippen LogP contribution in [0, 0.1) is 11.8 Å². The van der Waals surface area contributed by atoms with Gasteiger partial charge in [0.05, 0.1) is 71.2 Å². The Kier molecular flexibility index (Phi) is 9.31. The van der Waals surface area contributed by atoms with E-state index in [1.165, 1.54) is 19.7 Å². The fourth-order valence-corrected chi connectivity index (χ4v) is 10.9. The van der Waals surface area contributed by atoms with Crippen molar-refractivity contribution in [3.63, 3.8) is 0 Å². The summed E-state index contributed by atoms with van der Waals surface area (Å²) in [6.07, 6.45) is 7.18. The maximum absolute atomic E-state index is 12.4. The maximum atomic E-state index is 12.4. The van der Waals surface area contributed by atoms with Crippen LogP contribution in [0.3, 0.4) is 0 Å². The second-order valence-electron chi connectivity index (χ2n) is 14.4. The monoisotopic (exact) mass is 722 g/mol. The SMILES string of the molecule is CC(C)S(=O)(=O)N1CC[C@@H]([C@H]2c3ccccc3-c3cncn32)[C@H](O)C1.CC(C)S(=O)(=O)N1CC[C@H]([C@@H]2c3ccccc3-c3cncn32)[C@@H](O)C1. The lowest BCUT2D eigenvalue weighted by molar-refractivity contribution is 0.0340. The summed E-state index contributed by atoms with van der Waals surface area (Å²) in [5.74, 6) is -0.0644. The number of imidazole rings is 2. The van der Waals surface area contributed by atoms with Gasteiger partial charge in [-0.25, -0.2) is 26.8 Å². The number of fused-ring (bicyclic) bond motifs is 6. The molecule has 50 heavy (non-hydrogen) atoms. The van der Waals surface area contributed by atoms with E-state index in [-0.39, 0.29) is 37.0 Å². The summed E-state index contributed by atoms with van der Waals surface area (Å²) >= 11 is 0. The molecule has 0 radical (unpaired) electrons. The minimum absolute atomic E-state index is 0.00704. The number of sulfonamides is 2. The first-order valence-electron chi connectivity index (χ1n) is 17.4. The molecule has 14 heteroatoms. The van der Waals surface area contributed by atoms with Gasteiger partial charge in [0.15, 0.2) is 0 Å². The molecule has 2 saturated heterocycles. The van der Waals surface area contributed by atoms with Gasteiger partial charge in [0.1, 0.15) is 0 Å². The van der Waals surface area contributed by atoms with Gasteiger partial charge < -0.3 is 19.3 Å². The highest BCUT2D eigenvalue weighted by molar-refractivity contribution is 7.90. The number of aliphatic hydroxyl groups is 2. The first kappa shape index (κ1) is 35.0. The molecular weight excluding hydrogens is 677 g/mol. The lowest BCUT2D eigenvalue weighted by Crippen LogP contribution is -2.50. The zero-order valence-electron chi connectivity index (χ0n) is 28.8. The average Bonchev–Trinajstić information content (AvgIpc) is 3.87. The Balaban J connectivity index is 0.000000157. The lowest BCUT2D eigenvalue weighted by atomic mass is 9.84. The third kappa shape index (κ3) is 5.83. The highest BCUT2D eigenvalue weighted by Crippen LogP contribution is 2.47. The number of benzene rings is 2. The second kappa shape index (κ2) is 13.3. The van der Waals surface area contributed by atoms with Crippen LogP contribution >= 0.6 is 0 Å². The van der Waals surface area contributed by atoms with E-state index >= 15 is 0 Å². The first-order valence-corrected chi connectivity index (χ1v) is 20.4. The van der Waals surface area contributed by atoms with Crippen LogP contribution in [0.25, 0.3) is 22.5 Å². The largest absolute Gasteiger partial charge is 0.391 e. The van der Waals surface area contributed by atoms with Crippen LogP contribution in [-0.4, -0.2) is 104 Å². The van der Waals surface area contributed by atoms with Crippen molar-refractivity contribution < 1.29 is 27.0 Å². The average molecular weight is 723 g/mol. The van der Waals surface area contributed by atoms with Crippen molar-refractivity contribution in [3.05, 3.63) is 84.7 Å². The highest BCUT2D eigenvalue weighted by atomic mass is 32.2. The molecular formula is C36H46N6O6S2. The number of aromatic nitrogens is 4. The smallest absolute Gasteiger partial charge is 0.216 e. The molecule has 0 spiro atoms. The molecule has 0 aliphatic carbocycles. The Hall–Kier alpha value is -3.40. The topological polar surface area (TPSA) is 151 Å². The number of rotatable bonds is 6. The minimum Gasteiger partial charge on any atom is -0.391 e. The fourth-order valence-electron chi connectivity index (χ4n) is 8.26. The number of hydrogen-bond acceptors (Lipinski definition) is 8. The maximum Gasteiger partial charge on any atom is 0.216 e. The second-order valence-corrected chi connectivity index (χ2v) is 19.4. The van der Waals surface area contributed by atoms with E-state index in [1.54, 1.807) is 27.7 Å². The van der Waals surface area contributed by atoms with Crippen molar-refractivity contribution in [1.82, 2.24) is 27.7 Å². The third-order valence-corrected chi connectivity index (χ3v) is 15.4. The molecule has 2 fully saturated rings. The first-order chi connectivity index (χ1) is 23.8. The molecule has 2 aromatic carbocycles. The molecule has 2 N–H and O–H groups in total. The van der Waals surface area contributed by atoms with Crippen molar-refractivity contribution in [2.24, 2.45) is 11.8 Å². The van der Waals surface area contributed by atoms with Crippen LogP contribution in [0.15, 0.2) is 73.6 Å². The molecule has 12 nitrogen and oxygen atoms in total. The molecule has 0 amide bonds. The van der Waals surface area contributed by atoms with Gasteiger partial charge in [0, 0.05) is 49.1 Å². The van der Waals surface area contributed by atoms with Crippen LogP contribution in [0.2, 0.25) is 0 Å². The van der Waals surface area contributed by atoms with Gasteiger partial charge >= 0.3 is 0 Å².